The minimum atomic E-state index is -4.11. The summed E-state index contributed by atoms with van der Waals surface area (Å²) in [7, 11) is 0. The molecule has 1 nitrogen and oxygen atoms in total. The molecule has 0 N–H and O–H groups in total. The summed E-state index contributed by atoms with van der Waals surface area (Å²) in [6.07, 6.45) is -3.50. The fraction of sp³-hybridized carbons (Fsp3) is 0.875. The second kappa shape index (κ2) is 3.86. The monoisotopic (exact) mass is 214 g/mol. The van der Waals surface area contributed by atoms with Crippen LogP contribution in [-0.4, -0.2) is 11.4 Å². The van der Waals surface area contributed by atoms with E-state index in [0.717, 1.165) is 0 Å². The molecule has 0 unspecified atom stereocenters. The van der Waals surface area contributed by atoms with E-state index in [1.807, 2.05) is 0 Å². The van der Waals surface area contributed by atoms with E-state index >= 15 is 0 Å². The normalized spacial score (nSPS) is 30.2. The fourth-order valence-electron chi connectivity index (χ4n) is 1.65. The second-order valence-electron chi connectivity index (χ2n) is 3.39. The van der Waals surface area contributed by atoms with Gasteiger partial charge in [0.15, 0.2) is 0 Å². The van der Waals surface area contributed by atoms with Crippen molar-refractivity contribution in [1.29, 1.82) is 0 Å². The zero-order valence-electron chi connectivity index (χ0n) is 6.90. The standard InChI is InChI=1S/C8H10ClF3O/c9-7(13)5-1-3-6(4-2-5)8(10,11)12/h5-6H,1-4H2/t5-,6-. The van der Waals surface area contributed by atoms with Crippen LogP contribution in [0, 0.1) is 11.8 Å². The highest BCUT2D eigenvalue weighted by Gasteiger charge is 2.42. The summed E-state index contributed by atoms with van der Waals surface area (Å²) in [5.41, 5.74) is 0. The van der Waals surface area contributed by atoms with Crippen LogP contribution in [0.1, 0.15) is 25.7 Å². The van der Waals surface area contributed by atoms with E-state index in [-0.39, 0.29) is 31.6 Å². The fourth-order valence-corrected chi connectivity index (χ4v) is 1.87. The Labute approximate surface area is 79.2 Å². The topological polar surface area (TPSA) is 17.1 Å². The lowest BCUT2D eigenvalue weighted by Gasteiger charge is -2.27. The van der Waals surface area contributed by atoms with Crippen LogP contribution in [0.25, 0.3) is 0 Å². The van der Waals surface area contributed by atoms with Gasteiger partial charge < -0.3 is 0 Å². The molecule has 0 spiro atoms. The van der Waals surface area contributed by atoms with E-state index in [4.69, 9.17) is 11.6 Å². The molecule has 76 valence electrons. The summed E-state index contributed by atoms with van der Waals surface area (Å²) in [6, 6.07) is 0. The van der Waals surface area contributed by atoms with Gasteiger partial charge in [-0.3, -0.25) is 4.79 Å². The van der Waals surface area contributed by atoms with E-state index in [1.54, 1.807) is 0 Å². The lowest BCUT2D eigenvalue weighted by atomic mass is 9.82. The number of carbonyl (C=O) groups is 1. The second-order valence-corrected chi connectivity index (χ2v) is 3.77. The average molecular weight is 215 g/mol. The molecule has 0 aromatic carbocycles. The largest absolute Gasteiger partial charge is 0.391 e. The summed E-state index contributed by atoms with van der Waals surface area (Å²) >= 11 is 5.20. The molecule has 0 aromatic rings. The van der Waals surface area contributed by atoms with Gasteiger partial charge in [-0.25, -0.2) is 0 Å². The highest BCUT2D eigenvalue weighted by atomic mass is 35.5. The summed E-state index contributed by atoms with van der Waals surface area (Å²) in [5, 5.41) is -0.499. The first kappa shape index (κ1) is 10.8. The number of halogens is 4. The van der Waals surface area contributed by atoms with Crippen LogP contribution in [0.2, 0.25) is 0 Å². The Morgan fingerprint density at radius 2 is 1.62 bits per heavy atom. The van der Waals surface area contributed by atoms with Gasteiger partial charge in [0.25, 0.3) is 0 Å². The summed E-state index contributed by atoms with van der Waals surface area (Å²) in [4.78, 5) is 10.6. The Bertz CT molecular complexity index is 194. The van der Waals surface area contributed by atoms with Gasteiger partial charge in [0.05, 0.1) is 5.92 Å². The molecule has 1 rings (SSSR count). The van der Waals surface area contributed by atoms with E-state index in [9.17, 15) is 18.0 Å². The molecule has 0 aromatic heterocycles. The maximum absolute atomic E-state index is 12.2. The molecule has 0 amide bonds. The highest BCUT2D eigenvalue weighted by Crippen LogP contribution is 2.39. The van der Waals surface area contributed by atoms with Crippen LogP contribution in [-0.2, 0) is 4.79 Å². The number of hydrogen-bond donors (Lipinski definition) is 0. The van der Waals surface area contributed by atoms with E-state index in [2.05, 4.69) is 0 Å². The van der Waals surface area contributed by atoms with Crippen molar-refractivity contribution in [3.63, 3.8) is 0 Å². The Morgan fingerprint density at radius 1 is 1.15 bits per heavy atom. The van der Waals surface area contributed by atoms with Crippen molar-refractivity contribution < 1.29 is 18.0 Å². The SMILES string of the molecule is O=C(Cl)[C@H]1CC[C@H](C(F)(F)F)CC1. The van der Waals surface area contributed by atoms with E-state index < -0.39 is 17.3 Å². The molecule has 0 heterocycles. The molecule has 0 radical (unpaired) electrons. The molecule has 1 aliphatic carbocycles. The molecule has 5 heteroatoms. The van der Waals surface area contributed by atoms with Gasteiger partial charge >= 0.3 is 6.18 Å². The van der Waals surface area contributed by atoms with E-state index in [0.29, 0.717) is 0 Å². The minimum Gasteiger partial charge on any atom is -0.281 e. The molecule has 0 atom stereocenters. The van der Waals surface area contributed by atoms with Crippen molar-refractivity contribution in [3.05, 3.63) is 0 Å². The molecular formula is C8H10ClF3O. The maximum atomic E-state index is 12.2. The third-order valence-corrected chi connectivity index (χ3v) is 2.82. The number of rotatable bonds is 1. The first-order valence-corrected chi connectivity index (χ1v) is 4.55. The zero-order valence-corrected chi connectivity index (χ0v) is 7.66. The zero-order chi connectivity index (χ0) is 10.1. The van der Waals surface area contributed by atoms with Gasteiger partial charge in [0.2, 0.25) is 5.24 Å². The van der Waals surface area contributed by atoms with Crippen molar-refractivity contribution in [2.45, 2.75) is 31.9 Å². The van der Waals surface area contributed by atoms with Crippen molar-refractivity contribution in [2.24, 2.45) is 11.8 Å². The molecule has 0 aliphatic heterocycles. The maximum Gasteiger partial charge on any atom is 0.391 e. The third kappa shape index (κ3) is 2.86. The van der Waals surface area contributed by atoms with Crippen LogP contribution < -0.4 is 0 Å². The molecule has 1 aliphatic rings. The molecular weight excluding hydrogens is 205 g/mol. The Kier molecular flexibility index (Phi) is 3.22. The number of carbonyl (C=O) groups excluding carboxylic acids is 1. The summed E-state index contributed by atoms with van der Waals surface area (Å²) in [6.45, 7) is 0. The van der Waals surface area contributed by atoms with Gasteiger partial charge in [-0.2, -0.15) is 13.2 Å². The summed E-state index contributed by atoms with van der Waals surface area (Å²) in [5.74, 6) is -1.60. The van der Waals surface area contributed by atoms with Crippen LogP contribution in [0.15, 0.2) is 0 Å². The number of hydrogen-bond acceptors (Lipinski definition) is 1. The molecule has 0 bridgehead atoms. The van der Waals surface area contributed by atoms with Crippen molar-refractivity contribution in [2.75, 3.05) is 0 Å². The van der Waals surface area contributed by atoms with Gasteiger partial charge in [-0.05, 0) is 37.3 Å². The smallest absolute Gasteiger partial charge is 0.281 e. The average Bonchev–Trinajstić information content (AvgIpc) is 2.03. The molecule has 1 fully saturated rings. The lowest BCUT2D eigenvalue weighted by Crippen LogP contribution is -2.29. The predicted molar refractivity (Wildman–Crippen MR) is 42.4 cm³/mol. The van der Waals surface area contributed by atoms with Crippen LogP contribution >= 0.6 is 11.6 Å². The lowest BCUT2D eigenvalue weighted by molar-refractivity contribution is -0.184. The summed E-state index contributed by atoms with van der Waals surface area (Å²) < 4.78 is 36.5. The highest BCUT2D eigenvalue weighted by molar-refractivity contribution is 6.63. The van der Waals surface area contributed by atoms with E-state index in [1.165, 1.54) is 0 Å². The third-order valence-electron chi connectivity index (χ3n) is 2.51. The van der Waals surface area contributed by atoms with Gasteiger partial charge in [-0.1, -0.05) is 0 Å². The number of alkyl halides is 3. The quantitative estimate of drug-likeness (QED) is 0.613. The van der Waals surface area contributed by atoms with Crippen LogP contribution in [0.3, 0.4) is 0 Å². The van der Waals surface area contributed by atoms with Crippen LogP contribution in [0.5, 0.6) is 0 Å². The Hall–Kier alpha value is -0.250. The molecule has 1 saturated carbocycles. The van der Waals surface area contributed by atoms with Crippen LogP contribution in [0.4, 0.5) is 13.2 Å². The molecule has 0 saturated heterocycles. The first-order chi connectivity index (χ1) is 5.91. The predicted octanol–water partition coefficient (Wildman–Crippen LogP) is 3.12. The van der Waals surface area contributed by atoms with Gasteiger partial charge in [0, 0.05) is 5.92 Å². The molecule has 13 heavy (non-hydrogen) atoms. The Balaban J connectivity index is 2.44. The van der Waals surface area contributed by atoms with Crippen molar-refractivity contribution >= 4 is 16.8 Å². The minimum absolute atomic E-state index is 0.0344. The Morgan fingerprint density at radius 3 is 1.92 bits per heavy atom. The first-order valence-electron chi connectivity index (χ1n) is 4.17. The van der Waals surface area contributed by atoms with Gasteiger partial charge in [-0.15, -0.1) is 0 Å². The van der Waals surface area contributed by atoms with Gasteiger partial charge in [0.1, 0.15) is 0 Å². The van der Waals surface area contributed by atoms with Crippen molar-refractivity contribution in [3.8, 4) is 0 Å². The van der Waals surface area contributed by atoms with Crippen molar-refractivity contribution in [1.82, 2.24) is 0 Å².